The molecule has 2 fully saturated rings. The highest BCUT2D eigenvalue weighted by atomic mass is 16.8. The number of nitrogens with zero attached hydrogens (tertiary/aromatic N) is 3. The Morgan fingerprint density at radius 3 is 2.60 bits per heavy atom. The van der Waals surface area contributed by atoms with Crippen LogP contribution in [0, 0.1) is 0 Å². The standard InChI is InChI=1S/C10H19N3O2/c1-12-6-7-13(2)10(12)11-15-9-5-3-4-8-14-9/h9H,3-8H2,1-2H3. The van der Waals surface area contributed by atoms with E-state index < -0.39 is 0 Å². The lowest BCUT2D eigenvalue weighted by Crippen LogP contribution is -2.30. The average molecular weight is 213 g/mol. The minimum atomic E-state index is -0.145. The van der Waals surface area contributed by atoms with Crippen LogP contribution in [0.5, 0.6) is 0 Å². The summed E-state index contributed by atoms with van der Waals surface area (Å²) in [7, 11) is 4.04. The molecule has 0 spiro atoms. The fourth-order valence-corrected chi connectivity index (χ4v) is 1.83. The van der Waals surface area contributed by atoms with Crippen molar-refractivity contribution in [3.63, 3.8) is 0 Å². The first-order valence-corrected chi connectivity index (χ1v) is 5.55. The molecule has 2 aliphatic heterocycles. The number of ether oxygens (including phenoxy) is 1. The van der Waals surface area contributed by atoms with Crippen LogP contribution in [-0.2, 0) is 9.57 Å². The monoisotopic (exact) mass is 213 g/mol. The Morgan fingerprint density at radius 1 is 1.27 bits per heavy atom. The van der Waals surface area contributed by atoms with Crippen molar-refractivity contribution >= 4 is 5.96 Å². The largest absolute Gasteiger partial charge is 0.360 e. The third-order valence-electron chi connectivity index (χ3n) is 2.84. The number of rotatable bonds is 2. The average Bonchev–Trinajstić information content (AvgIpc) is 2.58. The second-order valence-electron chi connectivity index (χ2n) is 4.14. The maximum Gasteiger partial charge on any atom is 0.238 e. The molecule has 0 aromatic heterocycles. The summed E-state index contributed by atoms with van der Waals surface area (Å²) in [6.07, 6.45) is 3.11. The Balaban J connectivity index is 1.86. The van der Waals surface area contributed by atoms with Crippen LogP contribution >= 0.6 is 0 Å². The summed E-state index contributed by atoms with van der Waals surface area (Å²) in [5.41, 5.74) is 0. The molecule has 0 N–H and O–H groups in total. The lowest BCUT2D eigenvalue weighted by Gasteiger charge is -2.22. The fourth-order valence-electron chi connectivity index (χ4n) is 1.83. The maximum absolute atomic E-state index is 5.44. The number of hydrogen-bond acceptors (Lipinski definition) is 3. The zero-order valence-corrected chi connectivity index (χ0v) is 9.48. The molecule has 2 heterocycles. The van der Waals surface area contributed by atoms with Crippen LogP contribution in [0.15, 0.2) is 5.16 Å². The molecule has 0 saturated carbocycles. The van der Waals surface area contributed by atoms with Crippen LogP contribution in [0.25, 0.3) is 0 Å². The molecule has 1 unspecified atom stereocenters. The van der Waals surface area contributed by atoms with Crippen LogP contribution in [-0.4, -0.2) is 55.8 Å². The van der Waals surface area contributed by atoms with Crippen molar-refractivity contribution in [2.75, 3.05) is 33.8 Å². The van der Waals surface area contributed by atoms with Crippen molar-refractivity contribution < 1.29 is 9.57 Å². The van der Waals surface area contributed by atoms with Gasteiger partial charge >= 0.3 is 0 Å². The van der Waals surface area contributed by atoms with Crippen LogP contribution in [0.1, 0.15) is 19.3 Å². The summed E-state index contributed by atoms with van der Waals surface area (Å²) in [4.78, 5) is 9.56. The van der Waals surface area contributed by atoms with Crippen LogP contribution in [0.3, 0.4) is 0 Å². The van der Waals surface area contributed by atoms with E-state index in [1.807, 2.05) is 14.1 Å². The second kappa shape index (κ2) is 4.70. The van der Waals surface area contributed by atoms with Gasteiger partial charge in [-0.2, -0.15) is 0 Å². The first-order chi connectivity index (χ1) is 7.27. The summed E-state index contributed by atoms with van der Waals surface area (Å²) in [5.74, 6) is 0.893. The van der Waals surface area contributed by atoms with Gasteiger partial charge in [-0.05, 0) is 18.0 Å². The fraction of sp³-hybridized carbons (Fsp3) is 0.900. The Morgan fingerprint density at radius 2 is 2.00 bits per heavy atom. The highest BCUT2D eigenvalue weighted by molar-refractivity contribution is 5.80. The van der Waals surface area contributed by atoms with Crippen LogP contribution in [0.4, 0.5) is 0 Å². The molecule has 0 amide bonds. The Kier molecular flexibility index (Phi) is 3.30. The SMILES string of the molecule is CN1CCN(C)C1=NOC1CCCCO1. The van der Waals surface area contributed by atoms with E-state index in [0.29, 0.717) is 0 Å². The molecule has 0 aliphatic carbocycles. The van der Waals surface area contributed by atoms with Gasteiger partial charge in [0.1, 0.15) is 0 Å². The Labute approximate surface area is 90.6 Å². The molecule has 2 saturated heterocycles. The number of oxime groups is 1. The van der Waals surface area contributed by atoms with Gasteiger partial charge in [0.25, 0.3) is 0 Å². The van der Waals surface area contributed by atoms with Gasteiger partial charge in [0.15, 0.2) is 0 Å². The first kappa shape index (κ1) is 10.5. The van der Waals surface area contributed by atoms with Gasteiger partial charge in [-0.1, -0.05) is 0 Å². The molecule has 0 aromatic rings. The summed E-state index contributed by atoms with van der Waals surface area (Å²) in [6, 6.07) is 0. The van der Waals surface area contributed by atoms with Crippen molar-refractivity contribution in [2.24, 2.45) is 5.16 Å². The van der Waals surface area contributed by atoms with E-state index >= 15 is 0 Å². The normalized spacial score (nSPS) is 27.1. The van der Waals surface area contributed by atoms with Gasteiger partial charge in [-0.25, -0.2) is 0 Å². The first-order valence-electron chi connectivity index (χ1n) is 5.55. The molecule has 2 rings (SSSR count). The van der Waals surface area contributed by atoms with Gasteiger partial charge < -0.3 is 19.4 Å². The van der Waals surface area contributed by atoms with Crippen LogP contribution < -0.4 is 0 Å². The summed E-state index contributed by atoms with van der Waals surface area (Å²) >= 11 is 0. The number of guanidine groups is 1. The molecular formula is C10H19N3O2. The van der Waals surface area contributed by atoms with Gasteiger partial charge in [0.05, 0.1) is 6.61 Å². The number of likely N-dealkylation sites (N-methyl/N-ethyl adjacent to an activating group) is 2. The third-order valence-corrected chi connectivity index (χ3v) is 2.84. The van der Waals surface area contributed by atoms with E-state index in [-0.39, 0.29) is 6.29 Å². The van der Waals surface area contributed by atoms with Crippen molar-refractivity contribution in [3.05, 3.63) is 0 Å². The molecular weight excluding hydrogens is 194 g/mol. The topological polar surface area (TPSA) is 37.3 Å². The minimum absolute atomic E-state index is 0.145. The van der Waals surface area contributed by atoms with Gasteiger partial charge in [-0.3, -0.25) is 0 Å². The van der Waals surface area contributed by atoms with Crippen molar-refractivity contribution in [3.8, 4) is 0 Å². The lowest BCUT2D eigenvalue weighted by atomic mass is 10.2. The minimum Gasteiger partial charge on any atom is -0.360 e. The van der Waals surface area contributed by atoms with E-state index in [1.165, 1.54) is 6.42 Å². The van der Waals surface area contributed by atoms with E-state index in [4.69, 9.17) is 9.57 Å². The quantitative estimate of drug-likeness (QED) is 0.632. The highest BCUT2D eigenvalue weighted by Gasteiger charge is 2.22. The summed E-state index contributed by atoms with van der Waals surface area (Å²) < 4.78 is 5.44. The molecule has 1 atom stereocenters. The molecule has 15 heavy (non-hydrogen) atoms. The van der Waals surface area contributed by atoms with Crippen molar-refractivity contribution in [1.29, 1.82) is 0 Å². The Bertz CT molecular complexity index is 227. The van der Waals surface area contributed by atoms with Crippen molar-refractivity contribution in [2.45, 2.75) is 25.6 Å². The lowest BCUT2D eigenvalue weighted by molar-refractivity contribution is -0.163. The predicted octanol–water partition coefficient (Wildman–Crippen LogP) is 0.678. The molecule has 0 bridgehead atoms. The highest BCUT2D eigenvalue weighted by Crippen LogP contribution is 2.14. The number of hydrogen-bond donors (Lipinski definition) is 0. The molecule has 5 nitrogen and oxygen atoms in total. The van der Waals surface area contributed by atoms with Crippen molar-refractivity contribution in [1.82, 2.24) is 9.80 Å². The third kappa shape index (κ3) is 2.53. The van der Waals surface area contributed by atoms with Gasteiger partial charge in [0, 0.05) is 33.6 Å². The van der Waals surface area contributed by atoms with E-state index in [9.17, 15) is 0 Å². The molecule has 0 aromatic carbocycles. The van der Waals surface area contributed by atoms with Crippen LogP contribution in [0.2, 0.25) is 0 Å². The predicted molar refractivity (Wildman–Crippen MR) is 57.4 cm³/mol. The maximum atomic E-state index is 5.44. The summed E-state index contributed by atoms with van der Waals surface area (Å²) in [5, 5.41) is 4.15. The van der Waals surface area contributed by atoms with E-state index in [2.05, 4.69) is 15.0 Å². The zero-order chi connectivity index (χ0) is 10.7. The second-order valence-corrected chi connectivity index (χ2v) is 4.14. The van der Waals surface area contributed by atoms with E-state index in [1.54, 1.807) is 0 Å². The van der Waals surface area contributed by atoms with Gasteiger partial charge in [-0.15, -0.1) is 0 Å². The van der Waals surface area contributed by atoms with Gasteiger partial charge in [0.2, 0.25) is 12.2 Å². The molecule has 86 valence electrons. The van der Waals surface area contributed by atoms with E-state index in [0.717, 1.165) is 38.5 Å². The molecule has 5 heteroatoms. The molecule has 2 aliphatic rings. The molecule has 0 radical (unpaired) electrons. The zero-order valence-electron chi connectivity index (χ0n) is 9.48. The smallest absolute Gasteiger partial charge is 0.238 e. The Hall–Kier alpha value is -0.970. The summed E-state index contributed by atoms with van der Waals surface area (Å²) in [6.45, 7) is 2.80.